The van der Waals surface area contributed by atoms with E-state index in [0.29, 0.717) is 5.92 Å². The van der Waals surface area contributed by atoms with Crippen molar-refractivity contribution in [2.24, 2.45) is 0 Å². The third kappa shape index (κ3) is 3.94. The Morgan fingerprint density at radius 3 is 3.06 bits per heavy atom. The number of oxazole rings is 1. The van der Waals surface area contributed by atoms with Gasteiger partial charge in [0.25, 0.3) is 0 Å². The molecule has 1 unspecified atom stereocenters. The second kappa shape index (κ2) is 7.41. The summed E-state index contributed by atoms with van der Waals surface area (Å²) in [6.45, 7) is 6.68. The van der Waals surface area contributed by atoms with Crippen LogP contribution in [0.1, 0.15) is 44.1 Å². The number of aromatic nitrogens is 1. The van der Waals surface area contributed by atoms with E-state index in [9.17, 15) is 0 Å². The lowest BCUT2D eigenvalue weighted by Gasteiger charge is -2.09. The van der Waals surface area contributed by atoms with Crippen LogP contribution in [0.25, 0.3) is 0 Å². The zero-order chi connectivity index (χ0) is 11.8. The average Bonchev–Trinajstić information content (AvgIpc) is 2.73. The maximum atomic E-state index is 5.45. The highest BCUT2D eigenvalue weighted by molar-refractivity contribution is 5.11. The molecule has 0 radical (unpaired) electrons. The third-order valence-corrected chi connectivity index (χ3v) is 2.62. The minimum Gasteiger partial charge on any atom is -0.448 e. The SMILES string of the molecule is CCCC(C)c1ocnc1CNCCOC. The number of nitrogens with zero attached hydrogens (tertiary/aromatic N) is 1. The molecule has 0 bridgehead atoms. The van der Waals surface area contributed by atoms with Gasteiger partial charge < -0.3 is 14.5 Å². The highest BCUT2D eigenvalue weighted by Gasteiger charge is 2.14. The Kier molecular flexibility index (Phi) is 6.11. The zero-order valence-electron chi connectivity index (χ0n) is 10.5. The highest BCUT2D eigenvalue weighted by atomic mass is 16.5. The maximum absolute atomic E-state index is 5.45. The Labute approximate surface area is 97.4 Å². The molecule has 16 heavy (non-hydrogen) atoms. The molecule has 1 atom stereocenters. The van der Waals surface area contributed by atoms with E-state index in [2.05, 4.69) is 24.1 Å². The summed E-state index contributed by atoms with van der Waals surface area (Å²) in [5.41, 5.74) is 1.03. The van der Waals surface area contributed by atoms with E-state index in [1.165, 1.54) is 12.8 Å². The van der Waals surface area contributed by atoms with E-state index in [1.54, 1.807) is 7.11 Å². The minimum absolute atomic E-state index is 0.451. The molecule has 0 spiro atoms. The monoisotopic (exact) mass is 226 g/mol. The topological polar surface area (TPSA) is 47.3 Å². The average molecular weight is 226 g/mol. The molecule has 1 rings (SSSR count). The van der Waals surface area contributed by atoms with E-state index >= 15 is 0 Å². The van der Waals surface area contributed by atoms with Gasteiger partial charge in [-0.1, -0.05) is 20.3 Å². The molecule has 0 saturated carbocycles. The molecule has 0 aliphatic rings. The molecule has 0 aliphatic carbocycles. The first-order valence-electron chi connectivity index (χ1n) is 5.91. The predicted molar refractivity (Wildman–Crippen MR) is 63.4 cm³/mol. The minimum atomic E-state index is 0.451. The maximum Gasteiger partial charge on any atom is 0.181 e. The number of nitrogens with one attached hydrogen (secondary N) is 1. The first-order valence-corrected chi connectivity index (χ1v) is 5.91. The normalized spacial score (nSPS) is 12.9. The molecular weight excluding hydrogens is 204 g/mol. The van der Waals surface area contributed by atoms with Crippen LogP contribution in [0.4, 0.5) is 0 Å². The molecule has 4 nitrogen and oxygen atoms in total. The Bertz CT molecular complexity index is 286. The summed E-state index contributed by atoms with van der Waals surface area (Å²) in [5.74, 6) is 1.47. The second-order valence-electron chi connectivity index (χ2n) is 4.02. The summed E-state index contributed by atoms with van der Waals surface area (Å²) < 4.78 is 10.4. The second-order valence-corrected chi connectivity index (χ2v) is 4.02. The largest absolute Gasteiger partial charge is 0.448 e. The summed E-state index contributed by atoms with van der Waals surface area (Å²) in [6, 6.07) is 0. The van der Waals surface area contributed by atoms with Crippen molar-refractivity contribution < 1.29 is 9.15 Å². The number of hydrogen-bond acceptors (Lipinski definition) is 4. The van der Waals surface area contributed by atoms with Crippen molar-refractivity contribution in [3.05, 3.63) is 17.8 Å². The lowest BCUT2D eigenvalue weighted by molar-refractivity contribution is 0.199. The van der Waals surface area contributed by atoms with Crippen LogP contribution in [0.3, 0.4) is 0 Å². The molecule has 1 aromatic rings. The molecule has 0 aliphatic heterocycles. The van der Waals surface area contributed by atoms with Crippen LogP contribution < -0.4 is 5.32 Å². The van der Waals surface area contributed by atoms with Crippen LogP contribution in [-0.4, -0.2) is 25.2 Å². The summed E-state index contributed by atoms with van der Waals surface area (Å²) in [7, 11) is 1.70. The Balaban J connectivity index is 2.43. The Morgan fingerprint density at radius 1 is 1.56 bits per heavy atom. The van der Waals surface area contributed by atoms with Crippen molar-refractivity contribution >= 4 is 0 Å². The smallest absolute Gasteiger partial charge is 0.181 e. The number of ether oxygens (including phenoxy) is 1. The van der Waals surface area contributed by atoms with Crippen LogP contribution >= 0.6 is 0 Å². The van der Waals surface area contributed by atoms with Crippen LogP contribution in [0.5, 0.6) is 0 Å². The number of hydrogen-bond donors (Lipinski definition) is 1. The fourth-order valence-electron chi connectivity index (χ4n) is 1.76. The van der Waals surface area contributed by atoms with Gasteiger partial charge in [-0.25, -0.2) is 4.98 Å². The lowest BCUT2D eigenvalue weighted by Crippen LogP contribution is -2.19. The van der Waals surface area contributed by atoms with Crippen LogP contribution in [0, 0.1) is 0 Å². The third-order valence-electron chi connectivity index (χ3n) is 2.62. The summed E-state index contributed by atoms with van der Waals surface area (Å²) in [5, 5.41) is 3.28. The lowest BCUT2D eigenvalue weighted by atomic mass is 10.0. The van der Waals surface area contributed by atoms with E-state index in [-0.39, 0.29) is 0 Å². The molecule has 0 fully saturated rings. The van der Waals surface area contributed by atoms with Crippen molar-refractivity contribution in [1.29, 1.82) is 0 Å². The van der Waals surface area contributed by atoms with Gasteiger partial charge in [-0.3, -0.25) is 0 Å². The van der Waals surface area contributed by atoms with Crippen LogP contribution in [-0.2, 0) is 11.3 Å². The summed E-state index contributed by atoms with van der Waals surface area (Å²) >= 11 is 0. The fraction of sp³-hybridized carbons (Fsp3) is 0.750. The van der Waals surface area contributed by atoms with Crippen molar-refractivity contribution in [2.75, 3.05) is 20.3 Å². The van der Waals surface area contributed by atoms with Gasteiger partial charge in [-0.2, -0.15) is 0 Å². The first-order chi connectivity index (χ1) is 7.79. The van der Waals surface area contributed by atoms with Gasteiger partial charge in [0.1, 0.15) is 5.76 Å². The zero-order valence-corrected chi connectivity index (χ0v) is 10.5. The molecule has 0 amide bonds. The number of methoxy groups -OCH3 is 1. The van der Waals surface area contributed by atoms with Crippen molar-refractivity contribution in [3.8, 4) is 0 Å². The van der Waals surface area contributed by atoms with Gasteiger partial charge in [0.2, 0.25) is 0 Å². The molecule has 4 heteroatoms. The summed E-state index contributed by atoms with van der Waals surface area (Å²) in [6.07, 6.45) is 3.84. The summed E-state index contributed by atoms with van der Waals surface area (Å²) in [4.78, 5) is 4.25. The van der Waals surface area contributed by atoms with E-state index in [4.69, 9.17) is 9.15 Å². The van der Waals surface area contributed by atoms with Gasteiger partial charge in [0.05, 0.1) is 12.3 Å². The van der Waals surface area contributed by atoms with Gasteiger partial charge >= 0.3 is 0 Å². The molecule has 1 aromatic heterocycles. The Hall–Kier alpha value is -0.870. The van der Waals surface area contributed by atoms with E-state index < -0.39 is 0 Å². The van der Waals surface area contributed by atoms with Gasteiger partial charge in [-0.15, -0.1) is 0 Å². The van der Waals surface area contributed by atoms with E-state index in [0.717, 1.165) is 37.6 Å². The number of rotatable bonds is 8. The molecule has 1 N–H and O–H groups in total. The molecule has 0 saturated heterocycles. The standard InChI is InChI=1S/C12H22N2O2/c1-4-5-10(2)12-11(14-9-16-12)8-13-6-7-15-3/h9-10,13H,4-8H2,1-3H3. The quantitative estimate of drug-likeness (QED) is 0.691. The Morgan fingerprint density at radius 2 is 2.38 bits per heavy atom. The van der Waals surface area contributed by atoms with Crippen molar-refractivity contribution in [1.82, 2.24) is 10.3 Å². The molecule has 1 heterocycles. The van der Waals surface area contributed by atoms with Gasteiger partial charge in [-0.05, 0) is 6.42 Å². The van der Waals surface area contributed by atoms with Gasteiger partial charge in [0, 0.05) is 26.1 Å². The van der Waals surface area contributed by atoms with Crippen molar-refractivity contribution in [2.45, 2.75) is 39.2 Å². The van der Waals surface area contributed by atoms with Crippen LogP contribution in [0.15, 0.2) is 10.8 Å². The van der Waals surface area contributed by atoms with Crippen molar-refractivity contribution in [3.63, 3.8) is 0 Å². The molecule has 92 valence electrons. The molecule has 0 aromatic carbocycles. The predicted octanol–water partition coefficient (Wildman–Crippen LogP) is 2.31. The highest BCUT2D eigenvalue weighted by Crippen LogP contribution is 2.23. The van der Waals surface area contributed by atoms with E-state index in [1.807, 2.05) is 0 Å². The fourth-order valence-corrected chi connectivity index (χ4v) is 1.76. The van der Waals surface area contributed by atoms with Crippen LogP contribution in [0.2, 0.25) is 0 Å². The molecular formula is C12H22N2O2. The van der Waals surface area contributed by atoms with Gasteiger partial charge in [0.15, 0.2) is 6.39 Å². The first kappa shape index (κ1) is 13.2.